The van der Waals surface area contributed by atoms with Crippen LogP contribution in [0.25, 0.3) is 0 Å². The minimum Gasteiger partial charge on any atom is -0.310 e. The minimum atomic E-state index is 0.395. The molecule has 0 spiro atoms. The lowest BCUT2D eigenvalue weighted by Gasteiger charge is -2.20. The average molecular weight is 365 g/mol. The second-order valence-electron chi connectivity index (χ2n) is 4.80. The van der Waals surface area contributed by atoms with E-state index in [1.807, 2.05) is 0 Å². The number of nitrogens with one attached hydrogen (secondary N) is 1. The number of halogens is 1. The van der Waals surface area contributed by atoms with Gasteiger partial charge in [-0.25, -0.2) is 0 Å². The van der Waals surface area contributed by atoms with Crippen molar-refractivity contribution in [2.75, 3.05) is 6.54 Å². The normalized spacial score (nSPS) is 12.4. The van der Waals surface area contributed by atoms with Gasteiger partial charge in [-0.2, -0.15) is 0 Å². The molecule has 0 aliphatic rings. The van der Waals surface area contributed by atoms with Gasteiger partial charge in [0.1, 0.15) is 0 Å². The zero-order valence-electron chi connectivity index (χ0n) is 11.5. The molecule has 0 aliphatic heterocycles. The first-order chi connectivity index (χ1) is 9.20. The van der Waals surface area contributed by atoms with E-state index < -0.39 is 0 Å². The van der Waals surface area contributed by atoms with Crippen LogP contribution in [0.3, 0.4) is 0 Å². The number of aryl methyl sites for hydroxylation is 1. The van der Waals surface area contributed by atoms with E-state index >= 15 is 0 Å². The Labute approximate surface area is 129 Å². The van der Waals surface area contributed by atoms with Gasteiger partial charge in [0, 0.05) is 9.61 Å². The molecule has 0 saturated carbocycles. The largest absolute Gasteiger partial charge is 0.310 e. The third-order valence-corrected chi connectivity index (χ3v) is 4.09. The van der Waals surface area contributed by atoms with Gasteiger partial charge >= 0.3 is 0 Å². The van der Waals surface area contributed by atoms with Crippen molar-refractivity contribution in [3.05, 3.63) is 68.8 Å². The molecule has 2 aromatic rings. The van der Waals surface area contributed by atoms with E-state index in [-0.39, 0.29) is 0 Å². The first kappa shape index (κ1) is 14.5. The molecule has 1 atom stereocenters. The van der Waals surface area contributed by atoms with Crippen molar-refractivity contribution in [3.8, 4) is 0 Å². The van der Waals surface area contributed by atoms with Gasteiger partial charge in [-0.1, -0.05) is 43.3 Å². The molecule has 0 amide bonds. The van der Waals surface area contributed by atoms with Crippen LogP contribution < -0.4 is 5.32 Å². The zero-order valence-corrected chi connectivity index (χ0v) is 13.6. The predicted molar refractivity (Wildman–Crippen MR) is 90.5 cm³/mol. The number of likely N-dealkylation sites (N-methyl/N-ethyl adjacent to an activating group) is 1. The summed E-state index contributed by atoms with van der Waals surface area (Å²) in [4.78, 5) is 0. The first-order valence-electron chi connectivity index (χ1n) is 6.74. The lowest BCUT2D eigenvalue weighted by atomic mass is 9.95. The molecule has 2 rings (SSSR count). The van der Waals surface area contributed by atoms with Crippen LogP contribution >= 0.6 is 22.6 Å². The van der Waals surface area contributed by atoms with E-state index in [2.05, 4.69) is 90.3 Å². The van der Waals surface area contributed by atoms with Crippen LogP contribution in [0.1, 0.15) is 29.7 Å². The molecule has 1 N–H and O–H groups in total. The zero-order chi connectivity index (χ0) is 13.7. The summed E-state index contributed by atoms with van der Waals surface area (Å²) in [6.07, 6.45) is 1.04. The fourth-order valence-electron chi connectivity index (χ4n) is 2.37. The summed E-state index contributed by atoms with van der Waals surface area (Å²) < 4.78 is 1.29. The number of benzene rings is 2. The quantitative estimate of drug-likeness (QED) is 0.770. The molecule has 2 heteroatoms. The molecule has 0 aliphatic carbocycles. The molecule has 0 fully saturated rings. The van der Waals surface area contributed by atoms with Crippen LogP contribution in [0.4, 0.5) is 0 Å². The standard InChI is InChI=1S/C17H20IN/c1-3-19-17(16-7-5-4-6-13(16)2)12-14-8-10-15(18)11-9-14/h4-11,17,19H,3,12H2,1-2H3. The Morgan fingerprint density at radius 2 is 1.74 bits per heavy atom. The minimum absolute atomic E-state index is 0.395. The molecule has 2 aromatic carbocycles. The Morgan fingerprint density at radius 3 is 2.37 bits per heavy atom. The summed E-state index contributed by atoms with van der Waals surface area (Å²) in [5.41, 5.74) is 4.15. The SMILES string of the molecule is CCNC(Cc1ccc(I)cc1)c1ccccc1C. The van der Waals surface area contributed by atoms with Gasteiger partial charge in [0.2, 0.25) is 0 Å². The Hall–Kier alpha value is -0.870. The lowest BCUT2D eigenvalue weighted by Crippen LogP contribution is -2.23. The molecule has 1 unspecified atom stereocenters. The maximum atomic E-state index is 3.60. The third-order valence-electron chi connectivity index (χ3n) is 3.37. The van der Waals surface area contributed by atoms with Crippen molar-refractivity contribution in [2.24, 2.45) is 0 Å². The molecule has 0 bridgehead atoms. The van der Waals surface area contributed by atoms with Gasteiger partial charge in [-0.05, 0) is 71.3 Å². The van der Waals surface area contributed by atoms with E-state index in [9.17, 15) is 0 Å². The first-order valence-corrected chi connectivity index (χ1v) is 7.82. The van der Waals surface area contributed by atoms with Crippen molar-refractivity contribution in [1.29, 1.82) is 0 Å². The topological polar surface area (TPSA) is 12.0 Å². The molecular formula is C17H20IN. The van der Waals surface area contributed by atoms with Gasteiger partial charge in [0.25, 0.3) is 0 Å². The van der Waals surface area contributed by atoms with Crippen LogP contribution in [0.5, 0.6) is 0 Å². The monoisotopic (exact) mass is 365 g/mol. The Bertz CT molecular complexity index is 519. The molecule has 0 radical (unpaired) electrons. The lowest BCUT2D eigenvalue weighted by molar-refractivity contribution is 0.547. The predicted octanol–water partition coefficient (Wildman–Crippen LogP) is 4.49. The van der Waals surface area contributed by atoms with Crippen molar-refractivity contribution in [3.63, 3.8) is 0 Å². The van der Waals surface area contributed by atoms with E-state index in [4.69, 9.17) is 0 Å². The van der Waals surface area contributed by atoms with Gasteiger partial charge in [-0.15, -0.1) is 0 Å². The van der Waals surface area contributed by atoms with Crippen molar-refractivity contribution >= 4 is 22.6 Å². The Morgan fingerprint density at radius 1 is 1.05 bits per heavy atom. The van der Waals surface area contributed by atoms with E-state index in [0.29, 0.717) is 6.04 Å². The summed E-state index contributed by atoms with van der Waals surface area (Å²) in [5.74, 6) is 0. The molecule has 100 valence electrons. The molecule has 19 heavy (non-hydrogen) atoms. The van der Waals surface area contributed by atoms with Crippen LogP contribution in [0.15, 0.2) is 48.5 Å². The third kappa shape index (κ3) is 4.05. The highest BCUT2D eigenvalue weighted by Crippen LogP contribution is 2.22. The number of rotatable bonds is 5. The van der Waals surface area contributed by atoms with Crippen LogP contribution in [0, 0.1) is 10.5 Å². The average Bonchev–Trinajstić information content (AvgIpc) is 2.41. The summed E-state index contributed by atoms with van der Waals surface area (Å²) in [7, 11) is 0. The molecule has 1 nitrogen and oxygen atoms in total. The van der Waals surface area contributed by atoms with Crippen LogP contribution in [-0.2, 0) is 6.42 Å². The maximum absolute atomic E-state index is 3.60. The Balaban J connectivity index is 2.21. The van der Waals surface area contributed by atoms with E-state index in [1.54, 1.807) is 0 Å². The summed E-state index contributed by atoms with van der Waals surface area (Å²) >= 11 is 2.35. The fraction of sp³-hybridized carbons (Fsp3) is 0.294. The fourth-order valence-corrected chi connectivity index (χ4v) is 2.73. The van der Waals surface area contributed by atoms with Gasteiger partial charge in [0.05, 0.1) is 0 Å². The van der Waals surface area contributed by atoms with Gasteiger partial charge < -0.3 is 5.32 Å². The molecule has 0 heterocycles. The van der Waals surface area contributed by atoms with Crippen LogP contribution in [-0.4, -0.2) is 6.54 Å². The smallest absolute Gasteiger partial charge is 0.0363 e. The van der Waals surface area contributed by atoms with Crippen molar-refractivity contribution < 1.29 is 0 Å². The second kappa shape index (κ2) is 7.06. The highest BCUT2D eigenvalue weighted by molar-refractivity contribution is 14.1. The molecular weight excluding hydrogens is 345 g/mol. The number of hydrogen-bond donors (Lipinski definition) is 1. The van der Waals surface area contributed by atoms with Gasteiger partial charge in [-0.3, -0.25) is 0 Å². The maximum Gasteiger partial charge on any atom is 0.0363 e. The Kier molecular flexibility index (Phi) is 5.40. The van der Waals surface area contributed by atoms with Crippen molar-refractivity contribution in [1.82, 2.24) is 5.32 Å². The van der Waals surface area contributed by atoms with Crippen molar-refractivity contribution in [2.45, 2.75) is 26.3 Å². The molecule has 0 saturated heterocycles. The van der Waals surface area contributed by atoms with Crippen LogP contribution in [0.2, 0.25) is 0 Å². The second-order valence-corrected chi connectivity index (χ2v) is 6.04. The molecule has 0 aromatic heterocycles. The number of hydrogen-bond acceptors (Lipinski definition) is 1. The summed E-state index contributed by atoms with van der Waals surface area (Å²) in [5, 5.41) is 3.60. The van der Waals surface area contributed by atoms with E-state index in [1.165, 1.54) is 20.3 Å². The summed E-state index contributed by atoms with van der Waals surface area (Å²) in [6, 6.07) is 17.9. The highest BCUT2D eigenvalue weighted by Gasteiger charge is 2.12. The summed E-state index contributed by atoms with van der Waals surface area (Å²) in [6.45, 7) is 5.34. The highest BCUT2D eigenvalue weighted by atomic mass is 127. The van der Waals surface area contributed by atoms with E-state index in [0.717, 1.165) is 13.0 Å². The van der Waals surface area contributed by atoms with Gasteiger partial charge in [0.15, 0.2) is 0 Å².